The highest BCUT2D eigenvalue weighted by Gasteiger charge is 2.28. The first-order chi connectivity index (χ1) is 10.1. The van der Waals surface area contributed by atoms with Gasteiger partial charge in [-0.05, 0) is 19.3 Å². The van der Waals surface area contributed by atoms with Gasteiger partial charge in [-0.3, -0.25) is 0 Å². The number of halogens is 1. The first-order valence-electron chi connectivity index (χ1n) is 7.02. The van der Waals surface area contributed by atoms with E-state index in [2.05, 4.69) is 4.74 Å². The average molecular weight is 369 g/mol. The fraction of sp³-hybridized carbons (Fsp3) is 0.643. The molecule has 0 saturated carbocycles. The van der Waals surface area contributed by atoms with Crippen LogP contribution in [0.3, 0.4) is 0 Å². The molecule has 0 spiro atoms. The number of carbonyl (C=O) groups is 1. The van der Waals surface area contributed by atoms with Crippen LogP contribution in [0.5, 0.6) is 0 Å². The minimum absolute atomic E-state index is 0. The van der Waals surface area contributed by atoms with E-state index in [9.17, 15) is 13.2 Å². The molecule has 1 unspecified atom stereocenters. The highest BCUT2D eigenvalue weighted by molar-refractivity contribution is 7.89. The van der Waals surface area contributed by atoms with Gasteiger partial charge < -0.3 is 14.9 Å². The van der Waals surface area contributed by atoms with Gasteiger partial charge in [0, 0.05) is 25.7 Å². The summed E-state index contributed by atoms with van der Waals surface area (Å²) in [6.45, 7) is 5.75. The van der Waals surface area contributed by atoms with Crippen LogP contribution in [0, 0.1) is 12.8 Å². The number of sulfonamides is 1. The number of hydrogen-bond acceptors (Lipinski definition) is 6. The van der Waals surface area contributed by atoms with Crippen molar-refractivity contribution >= 4 is 28.4 Å². The van der Waals surface area contributed by atoms with Crippen molar-refractivity contribution in [1.82, 2.24) is 4.31 Å². The summed E-state index contributed by atoms with van der Waals surface area (Å²) in [5.41, 5.74) is 6.03. The van der Waals surface area contributed by atoms with Crippen molar-refractivity contribution in [2.24, 2.45) is 11.7 Å². The highest BCUT2D eigenvalue weighted by Crippen LogP contribution is 2.22. The third-order valence-electron chi connectivity index (χ3n) is 3.60. The third kappa shape index (κ3) is 5.20. The van der Waals surface area contributed by atoms with E-state index in [-0.39, 0.29) is 47.3 Å². The molecule has 0 bridgehead atoms. The molecule has 0 saturated heterocycles. The van der Waals surface area contributed by atoms with Gasteiger partial charge in [0.15, 0.2) is 0 Å². The van der Waals surface area contributed by atoms with Crippen molar-refractivity contribution in [3.05, 3.63) is 17.4 Å². The maximum absolute atomic E-state index is 12.4. The molecule has 134 valence electrons. The number of methoxy groups -OCH3 is 1. The quantitative estimate of drug-likeness (QED) is 0.736. The summed E-state index contributed by atoms with van der Waals surface area (Å²) in [5, 5.41) is -0.272. The molecule has 0 aromatic carbocycles. The van der Waals surface area contributed by atoms with Gasteiger partial charge in [0.1, 0.15) is 11.3 Å². The maximum Gasteiger partial charge on any atom is 0.341 e. The number of aryl methyl sites for hydroxylation is 1. The molecule has 9 heteroatoms. The van der Waals surface area contributed by atoms with Crippen molar-refractivity contribution in [1.29, 1.82) is 0 Å². The SMILES string of the molecule is COC(=O)c1cc(S(=O)(=O)N(C)CCC(N)C(C)C)oc1C.Cl. The molecular weight excluding hydrogens is 344 g/mol. The lowest BCUT2D eigenvalue weighted by Gasteiger charge is -2.20. The Labute approximate surface area is 143 Å². The van der Waals surface area contributed by atoms with Gasteiger partial charge in [0.05, 0.1) is 7.11 Å². The van der Waals surface area contributed by atoms with E-state index in [0.717, 1.165) is 0 Å². The van der Waals surface area contributed by atoms with Crippen LogP contribution in [0.2, 0.25) is 0 Å². The Morgan fingerprint density at radius 2 is 2.00 bits per heavy atom. The van der Waals surface area contributed by atoms with Crippen molar-refractivity contribution < 1.29 is 22.4 Å². The molecule has 0 aliphatic rings. The number of furan rings is 1. The van der Waals surface area contributed by atoms with Crippen LogP contribution in [0.1, 0.15) is 36.4 Å². The zero-order valence-corrected chi connectivity index (χ0v) is 15.7. The largest absolute Gasteiger partial charge is 0.465 e. The number of rotatable bonds is 7. The normalized spacial score (nSPS) is 13.0. The fourth-order valence-corrected chi connectivity index (χ4v) is 2.98. The molecule has 0 amide bonds. The smallest absolute Gasteiger partial charge is 0.341 e. The molecule has 1 rings (SSSR count). The summed E-state index contributed by atoms with van der Waals surface area (Å²) in [4.78, 5) is 11.5. The zero-order valence-electron chi connectivity index (χ0n) is 14.0. The second kappa shape index (κ2) is 8.68. The number of esters is 1. The average Bonchev–Trinajstić information content (AvgIpc) is 2.85. The highest BCUT2D eigenvalue weighted by atomic mass is 35.5. The molecule has 1 atom stereocenters. The Hall–Kier alpha value is -1.09. The minimum atomic E-state index is -3.80. The summed E-state index contributed by atoms with van der Waals surface area (Å²) < 4.78 is 35.8. The first kappa shape index (κ1) is 21.9. The standard InChI is InChI=1S/C14H24N2O5S.ClH/c1-9(2)12(15)6-7-16(4)22(18,19)13-8-11(10(3)21-13)14(17)20-5;/h8-9,12H,6-7,15H2,1-5H3;1H. The molecule has 1 aromatic rings. The number of nitrogens with zero attached hydrogens (tertiary/aromatic N) is 1. The van der Waals surface area contributed by atoms with E-state index in [0.29, 0.717) is 6.42 Å². The molecule has 23 heavy (non-hydrogen) atoms. The minimum Gasteiger partial charge on any atom is -0.465 e. The molecule has 7 nitrogen and oxygen atoms in total. The van der Waals surface area contributed by atoms with Gasteiger partial charge in [-0.25, -0.2) is 13.2 Å². The Morgan fingerprint density at radius 3 is 2.48 bits per heavy atom. The van der Waals surface area contributed by atoms with E-state index in [1.165, 1.54) is 31.5 Å². The molecule has 0 aliphatic carbocycles. The second-order valence-corrected chi connectivity index (χ2v) is 7.53. The van der Waals surface area contributed by atoms with Crippen molar-refractivity contribution in [2.45, 2.75) is 38.3 Å². The summed E-state index contributed by atoms with van der Waals surface area (Å²) in [7, 11) is -1.12. The fourth-order valence-electron chi connectivity index (χ4n) is 1.83. The van der Waals surface area contributed by atoms with Crippen LogP contribution >= 0.6 is 12.4 Å². The molecule has 0 aliphatic heterocycles. The molecule has 1 aromatic heterocycles. The number of carbonyl (C=O) groups excluding carboxylic acids is 1. The van der Waals surface area contributed by atoms with Crippen molar-refractivity contribution in [2.75, 3.05) is 20.7 Å². The van der Waals surface area contributed by atoms with Crippen molar-refractivity contribution in [3.63, 3.8) is 0 Å². The van der Waals surface area contributed by atoms with Crippen LogP contribution in [0.4, 0.5) is 0 Å². The molecular formula is C14H25ClN2O5S. The third-order valence-corrected chi connectivity index (χ3v) is 5.31. The lowest BCUT2D eigenvalue weighted by molar-refractivity contribution is 0.0598. The van der Waals surface area contributed by atoms with Crippen LogP contribution in [0.25, 0.3) is 0 Å². The molecule has 0 fully saturated rings. The topological polar surface area (TPSA) is 103 Å². The summed E-state index contributed by atoms with van der Waals surface area (Å²) in [6, 6.07) is 1.11. The van der Waals surface area contributed by atoms with Gasteiger partial charge in [-0.1, -0.05) is 13.8 Å². The number of nitrogens with two attached hydrogens (primary N) is 1. The van der Waals surface area contributed by atoms with E-state index in [1.807, 2.05) is 13.8 Å². The van der Waals surface area contributed by atoms with Crippen LogP contribution in [0.15, 0.2) is 15.6 Å². The van der Waals surface area contributed by atoms with Crippen LogP contribution < -0.4 is 5.73 Å². The summed E-state index contributed by atoms with van der Waals surface area (Å²) in [5.74, 6) is -0.155. The Balaban J connectivity index is 0.00000484. The van der Waals surface area contributed by atoms with Gasteiger partial charge in [0.25, 0.3) is 10.0 Å². The predicted octanol–water partition coefficient (Wildman–Crippen LogP) is 1.79. The first-order valence-corrected chi connectivity index (χ1v) is 8.46. The molecule has 0 radical (unpaired) electrons. The van der Waals surface area contributed by atoms with Gasteiger partial charge in [-0.2, -0.15) is 4.31 Å². The lowest BCUT2D eigenvalue weighted by Crippen LogP contribution is -2.34. The van der Waals surface area contributed by atoms with Crippen LogP contribution in [-0.2, 0) is 14.8 Å². The molecule has 1 heterocycles. The number of ether oxygens (including phenoxy) is 1. The summed E-state index contributed by atoms with van der Waals surface area (Å²) in [6.07, 6.45) is 0.539. The monoisotopic (exact) mass is 368 g/mol. The van der Waals surface area contributed by atoms with Crippen molar-refractivity contribution in [3.8, 4) is 0 Å². The number of hydrogen-bond donors (Lipinski definition) is 1. The zero-order chi connectivity index (χ0) is 17.1. The second-order valence-electron chi connectivity index (χ2n) is 5.55. The van der Waals surface area contributed by atoms with Gasteiger partial charge in [0.2, 0.25) is 5.09 Å². The lowest BCUT2D eigenvalue weighted by atomic mass is 10.0. The summed E-state index contributed by atoms with van der Waals surface area (Å²) >= 11 is 0. The maximum atomic E-state index is 12.4. The van der Waals surface area contributed by atoms with E-state index >= 15 is 0 Å². The van der Waals surface area contributed by atoms with Gasteiger partial charge >= 0.3 is 5.97 Å². The van der Waals surface area contributed by atoms with Gasteiger partial charge in [-0.15, -0.1) is 12.4 Å². The van der Waals surface area contributed by atoms with Crippen LogP contribution in [-0.4, -0.2) is 45.4 Å². The van der Waals surface area contributed by atoms with E-state index < -0.39 is 16.0 Å². The molecule has 2 N–H and O–H groups in total. The predicted molar refractivity (Wildman–Crippen MR) is 89.3 cm³/mol. The van der Waals surface area contributed by atoms with E-state index in [4.69, 9.17) is 10.2 Å². The van der Waals surface area contributed by atoms with E-state index in [1.54, 1.807) is 0 Å². The Kier molecular flexibility index (Phi) is 8.26. The Bertz CT molecular complexity index is 627. The Morgan fingerprint density at radius 1 is 1.43 bits per heavy atom.